The molecule has 2 aromatic rings. The molecule has 0 amide bonds. The molecule has 2 N–H and O–H groups in total. The minimum Gasteiger partial charge on any atom is -0.497 e. The van der Waals surface area contributed by atoms with Crippen LogP contribution in [0.25, 0.3) is 11.3 Å². The average Bonchev–Trinajstić information content (AvgIpc) is 2.78. The molecule has 2 heterocycles. The van der Waals surface area contributed by atoms with Crippen LogP contribution in [0.15, 0.2) is 39.5 Å². The summed E-state index contributed by atoms with van der Waals surface area (Å²) >= 11 is 0. The highest BCUT2D eigenvalue weighted by Crippen LogP contribution is 2.66. The fraction of sp³-hybridized carbons (Fsp3) is 0.593. The monoisotopic (exact) mass is 454 g/mol. The first-order valence-corrected chi connectivity index (χ1v) is 11.9. The van der Waals surface area contributed by atoms with Crippen LogP contribution in [0.3, 0.4) is 0 Å². The number of ether oxygens (including phenoxy) is 2. The zero-order valence-electron chi connectivity index (χ0n) is 20.1. The maximum Gasteiger partial charge on any atom is 0.343 e. The quantitative estimate of drug-likeness (QED) is 0.702. The lowest BCUT2D eigenvalue weighted by atomic mass is 9.41. The molecule has 0 saturated heterocycles. The van der Waals surface area contributed by atoms with Gasteiger partial charge >= 0.3 is 5.63 Å². The van der Waals surface area contributed by atoms with Crippen LogP contribution in [0.4, 0.5) is 0 Å². The van der Waals surface area contributed by atoms with E-state index in [-0.39, 0.29) is 5.92 Å². The molecule has 0 unspecified atom stereocenters. The highest BCUT2D eigenvalue weighted by atomic mass is 16.5. The summed E-state index contributed by atoms with van der Waals surface area (Å²) < 4.78 is 17.5. The molecule has 2 aliphatic carbocycles. The van der Waals surface area contributed by atoms with E-state index >= 15 is 0 Å². The van der Waals surface area contributed by atoms with Crippen molar-refractivity contribution in [2.75, 3.05) is 7.11 Å². The van der Waals surface area contributed by atoms with E-state index in [0.717, 1.165) is 11.3 Å². The molecule has 5 atom stereocenters. The predicted octanol–water partition coefficient (Wildman–Crippen LogP) is 4.34. The van der Waals surface area contributed by atoms with Gasteiger partial charge in [0.25, 0.3) is 0 Å². The van der Waals surface area contributed by atoms with Crippen LogP contribution < -0.4 is 15.1 Å². The SMILES string of the molecule is COc1ccc(-c2cc3c(c(=O)o2)C[C@H]2[C@@](C)(CC[C@@]4(O)C(C)(C)[C@@H](O)CC[C@]24C)O3)cc1. The summed E-state index contributed by atoms with van der Waals surface area (Å²) in [6.07, 6.45) is 2.43. The molecule has 178 valence electrons. The molecule has 2 fully saturated rings. The third-order valence-corrected chi connectivity index (χ3v) is 9.40. The van der Waals surface area contributed by atoms with Gasteiger partial charge in [0.1, 0.15) is 22.9 Å². The highest BCUT2D eigenvalue weighted by Gasteiger charge is 2.70. The van der Waals surface area contributed by atoms with Crippen molar-refractivity contribution in [3.8, 4) is 22.8 Å². The van der Waals surface area contributed by atoms with Gasteiger partial charge in [0, 0.05) is 28.4 Å². The number of benzene rings is 1. The second kappa shape index (κ2) is 7.09. The largest absolute Gasteiger partial charge is 0.497 e. The minimum atomic E-state index is -1.05. The summed E-state index contributed by atoms with van der Waals surface area (Å²) in [7, 11) is 1.61. The Balaban J connectivity index is 1.56. The molecule has 1 aliphatic heterocycles. The molecule has 0 radical (unpaired) electrons. The van der Waals surface area contributed by atoms with Crippen LogP contribution >= 0.6 is 0 Å². The fourth-order valence-electron chi connectivity index (χ4n) is 7.05. The van der Waals surface area contributed by atoms with Crippen LogP contribution in [0.5, 0.6) is 11.5 Å². The van der Waals surface area contributed by atoms with Gasteiger partial charge in [0.15, 0.2) is 0 Å². The van der Waals surface area contributed by atoms with Gasteiger partial charge < -0.3 is 24.1 Å². The first-order chi connectivity index (χ1) is 15.4. The summed E-state index contributed by atoms with van der Waals surface area (Å²) in [5.41, 5.74) is -1.80. The summed E-state index contributed by atoms with van der Waals surface area (Å²) in [5, 5.41) is 22.8. The Morgan fingerprint density at radius 3 is 2.42 bits per heavy atom. The molecular formula is C27H34O6. The summed E-state index contributed by atoms with van der Waals surface area (Å²) in [5.74, 6) is 1.69. The molecule has 0 spiro atoms. The summed E-state index contributed by atoms with van der Waals surface area (Å²) in [4.78, 5) is 13.1. The molecule has 0 bridgehead atoms. The number of hydrogen-bond acceptors (Lipinski definition) is 6. The minimum absolute atomic E-state index is 0.0715. The summed E-state index contributed by atoms with van der Waals surface area (Å²) in [6, 6.07) is 9.18. The number of hydrogen-bond donors (Lipinski definition) is 2. The Morgan fingerprint density at radius 1 is 1.06 bits per heavy atom. The number of aliphatic hydroxyl groups excluding tert-OH is 1. The molecule has 5 rings (SSSR count). The van der Waals surface area contributed by atoms with Crippen molar-refractivity contribution in [2.45, 2.75) is 77.1 Å². The van der Waals surface area contributed by atoms with E-state index in [9.17, 15) is 15.0 Å². The van der Waals surface area contributed by atoms with Gasteiger partial charge in [-0.15, -0.1) is 0 Å². The van der Waals surface area contributed by atoms with Crippen LogP contribution in [-0.2, 0) is 6.42 Å². The average molecular weight is 455 g/mol. The Bertz CT molecular complexity index is 1130. The van der Waals surface area contributed by atoms with E-state index in [1.54, 1.807) is 7.11 Å². The van der Waals surface area contributed by atoms with Gasteiger partial charge in [0.2, 0.25) is 0 Å². The third-order valence-electron chi connectivity index (χ3n) is 9.40. The number of rotatable bonds is 2. The van der Waals surface area contributed by atoms with Gasteiger partial charge in [-0.2, -0.15) is 0 Å². The molecule has 33 heavy (non-hydrogen) atoms. The molecule has 6 nitrogen and oxygen atoms in total. The normalized spacial score (nSPS) is 36.7. The zero-order chi connectivity index (χ0) is 23.8. The number of aliphatic hydroxyl groups is 2. The Hall–Kier alpha value is -2.31. The van der Waals surface area contributed by atoms with Gasteiger partial charge in [0.05, 0.1) is 24.4 Å². The second-order valence-corrected chi connectivity index (χ2v) is 11.2. The Labute approximate surface area is 194 Å². The topological polar surface area (TPSA) is 89.1 Å². The van der Waals surface area contributed by atoms with E-state index in [1.165, 1.54) is 0 Å². The van der Waals surface area contributed by atoms with Crippen LogP contribution in [0.2, 0.25) is 0 Å². The van der Waals surface area contributed by atoms with Crippen molar-refractivity contribution in [2.24, 2.45) is 16.7 Å². The molecule has 1 aromatic carbocycles. The van der Waals surface area contributed by atoms with E-state index in [1.807, 2.05) is 44.2 Å². The molecular weight excluding hydrogens is 420 g/mol. The van der Waals surface area contributed by atoms with E-state index in [2.05, 4.69) is 13.8 Å². The number of methoxy groups -OCH3 is 1. The van der Waals surface area contributed by atoms with Gasteiger partial charge in [-0.25, -0.2) is 4.79 Å². The fourth-order valence-corrected chi connectivity index (χ4v) is 7.05. The van der Waals surface area contributed by atoms with Crippen LogP contribution in [0, 0.1) is 16.7 Å². The van der Waals surface area contributed by atoms with Crippen LogP contribution in [0.1, 0.15) is 58.9 Å². The van der Waals surface area contributed by atoms with Gasteiger partial charge in [-0.05, 0) is 63.3 Å². The van der Waals surface area contributed by atoms with Crippen molar-refractivity contribution in [3.63, 3.8) is 0 Å². The maximum atomic E-state index is 13.1. The van der Waals surface area contributed by atoms with E-state index in [4.69, 9.17) is 13.9 Å². The smallest absolute Gasteiger partial charge is 0.343 e. The highest BCUT2D eigenvalue weighted by molar-refractivity contribution is 5.61. The predicted molar refractivity (Wildman–Crippen MR) is 125 cm³/mol. The molecule has 2 saturated carbocycles. The lowest BCUT2D eigenvalue weighted by Gasteiger charge is -2.68. The summed E-state index contributed by atoms with van der Waals surface area (Å²) in [6.45, 7) is 8.14. The lowest BCUT2D eigenvalue weighted by molar-refractivity contribution is -0.286. The zero-order valence-corrected chi connectivity index (χ0v) is 20.1. The Morgan fingerprint density at radius 2 is 1.76 bits per heavy atom. The third kappa shape index (κ3) is 2.96. The molecule has 6 heteroatoms. The van der Waals surface area contributed by atoms with E-state index in [0.29, 0.717) is 49.2 Å². The first-order valence-electron chi connectivity index (χ1n) is 11.9. The second-order valence-electron chi connectivity index (χ2n) is 11.2. The first kappa shape index (κ1) is 22.5. The molecule has 1 aromatic heterocycles. The maximum absolute atomic E-state index is 13.1. The Kier molecular flexibility index (Phi) is 4.83. The molecule has 3 aliphatic rings. The van der Waals surface area contributed by atoms with Crippen molar-refractivity contribution < 1.29 is 24.1 Å². The number of fused-ring (bicyclic) bond motifs is 4. The van der Waals surface area contributed by atoms with Crippen molar-refractivity contribution >= 4 is 0 Å². The van der Waals surface area contributed by atoms with Gasteiger partial charge in [-0.1, -0.05) is 20.8 Å². The lowest BCUT2D eigenvalue weighted by Crippen LogP contribution is -2.73. The van der Waals surface area contributed by atoms with Gasteiger partial charge in [-0.3, -0.25) is 0 Å². The standard InChI is InChI=1S/C27H34O6/c1-24(2)22(28)10-11-25(3)21-14-18-20(33-26(21,4)12-13-27(24,25)30)15-19(32-23(18)29)16-6-8-17(31-5)9-7-16/h6-9,15,21-22,28,30H,10-14H2,1-5H3/t21-,22+,25-,26-,27-/m1/s1. The van der Waals surface area contributed by atoms with E-state index < -0.39 is 33.8 Å². The van der Waals surface area contributed by atoms with Crippen molar-refractivity contribution in [1.29, 1.82) is 0 Å². The van der Waals surface area contributed by atoms with Crippen molar-refractivity contribution in [3.05, 3.63) is 46.3 Å². The van der Waals surface area contributed by atoms with Crippen molar-refractivity contribution in [1.82, 2.24) is 0 Å². The van der Waals surface area contributed by atoms with Crippen LogP contribution in [-0.4, -0.2) is 34.6 Å².